The van der Waals surface area contributed by atoms with Gasteiger partial charge in [-0.05, 0) is 42.5 Å². The number of hydrogen-bond donors (Lipinski definition) is 1. The summed E-state index contributed by atoms with van der Waals surface area (Å²) in [4.78, 5) is 2.72. The first-order valence-corrected chi connectivity index (χ1v) is 7.17. The normalized spacial score (nSPS) is 27.4. The lowest BCUT2D eigenvalue weighted by molar-refractivity contribution is 0.119. The Balaban J connectivity index is 2.53. The zero-order valence-electron chi connectivity index (χ0n) is 12.3. The molecule has 1 saturated carbocycles. The third kappa shape index (κ3) is 4.12. The van der Waals surface area contributed by atoms with Crippen LogP contribution in [0.5, 0.6) is 0 Å². The molecule has 0 bridgehead atoms. The van der Waals surface area contributed by atoms with Crippen molar-refractivity contribution in [2.45, 2.75) is 58.4 Å². The summed E-state index contributed by atoms with van der Waals surface area (Å²) < 4.78 is 0. The van der Waals surface area contributed by atoms with Crippen molar-refractivity contribution in [1.29, 1.82) is 5.26 Å². The highest BCUT2D eigenvalue weighted by Gasteiger charge is 2.39. The van der Waals surface area contributed by atoms with Crippen LogP contribution in [0, 0.1) is 22.7 Å². The molecule has 0 unspecified atom stereocenters. The minimum atomic E-state index is -0.411. The van der Waals surface area contributed by atoms with Crippen molar-refractivity contribution in [2.75, 3.05) is 13.1 Å². The molecule has 0 heterocycles. The van der Waals surface area contributed by atoms with E-state index in [2.05, 4.69) is 42.2 Å². The highest BCUT2D eigenvalue weighted by atomic mass is 15.1. The van der Waals surface area contributed by atoms with Gasteiger partial charge in [-0.1, -0.05) is 32.3 Å². The van der Waals surface area contributed by atoms with Gasteiger partial charge >= 0.3 is 0 Å². The van der Waals surface area contributed by atoms with Crippen LogP contribution >= 0.6 is 0 Å². The van der Waals surface area contributed by atoms with Crippen LogP contribution < -0.4 is 5.32 Å². The lowest BCUT2D eigenvalue weighted by Gasteiger charge is -2.42. The Hall–Kier alpha value is -1.24. The molecule has 1 fully saturated rings. The van der Waals surface area contributed by atoms with E-state index in [1.165, 1.54) is 6.42 Å². The van der Waals surface area contributed by atoms with Crippen LogP contribution in [0.4, 0.5) is 0 Å². The topological polar surface area (TPSA) is 84.6 Å². The predicted octanol–water partition coefficient (Wildman–Crippen LogP) is 3.78. The number of azide groups is 1. The predicted molar refractivity (Wildman–Crippen MR) is 76.4 cm³/mol. The van der Waals surface area contributed by atoms with Gasteiger partial charge in [-0.3, -0.25) is 5.32 Å². The van der Waals surface area contributed by atoms with Crippen molar-refractivity contribution in [3.63, 3.8) is 0 Å². The van der Waals surface area contributed by atoms with E-state index in [1.807, 2.05) is 0 Å². The molecule has 0 aromatic heterocycles. The van der Waals surface area contributed by atoms with Gasteiger partial charge in [0.1, 0.15) is 5.54 Å². The van der Waals surface area contributed by atoms with Crippen LogP contribution in [0.15, 0.2) is 5.11 Å². The van der Waals surface area contributed by atoms with Crippen molar-refractivity contribution >= 4 is 0 Å². The van der Waals surface area contributed by atoms with E-state index in [-0.39, 0.29) is 0 Å². The quantitative estimate of drug-likeness (QED) is 0.342. The van der Waals surface area contributed by atoms with Crippen molar-refractivity contribution in [1.82, 2.24) is 5.32 Å². The van der Waals surface area contributed by atoms with Gasteiger partial charge in [-0.2, -0.15) is 5.26 Å². The van der Waals surface area contributed by atoms with Crippen LogP contribution in [0.25, 0.3) is 10.4 Å². The summed E-state index contributed by atoms with van der Waals surface area (Å²) in [6, 6.07) is 2.44. The molecule has 0 amide bonds. The summed E-state index contributed by atoms with van der Waals surface area (Å²) in [6.45, 7) is 7.88. The van der Waals surface area contributed by atoms with Crippen LogP contribution in [0.1, 0.15) is 52.9 Å². The molecule has 106 valence electrons. The average molecular weight is 263 g/mol. The van der Waals surface area contributed by atoms with Gasteiger partial charge in [-0.25, -0.2) is 0 Å². The maximum Gasteiger partial charge on any atom is 0.106 e. The molecule has 0 atom stereocenters. The first kappa shape index (κ1) is 15.8. The third-order valence-electron chi connectivity index (χ3n) is 4.81. The Bertz CT molecular complexity index is 368. The molecule has 1 aliphatic rings. The van der Waals surface area contributed by atoms with Crippen molar-refractivity contribution in [3.05, 3.63) is 10.4 Å². The molecule has 1 aliphatic carbocycles. The standard InChI is InChI=1S/C14H25N5/c1-4-13(2,3)12-5-7-14(11-15,8-6-12)17-9-10-18-19-16/h12,17H,4-10H2,1-3H3. The Morgan fingerprint density at radius 2 is 2.11 bits per heavy atom. The second-order valence-corrected chi connectivity index (χ2v) is 6.19. The number of nitriles is 1. The van der Waals surface area contributed by atoms with Crippen LogP contribution in [0.3, 0.4) is 0 Å². The first-order chi connectivity index (χ1) is 8.99. The molecular formula is C14H25N5. The largest absolute Gasteiger partial charge is 0.299 e. The van der Waals surface area contributed by atoms with Crippen LogP contribution in [0.2, 0.25) is 0 Å². The summed E-state index contributed by atoms with van der Waals surface area (Å²) in [7, 11) is 0. The van der Waals surface area contributed by atoms with E-state index < -0.39 is 5.54 Å². The maximum absolute atomic E-state index is 9.43. The monoisotopic (exact) mass is 263 g/mol. The Morgan fingerprint density at radius 1 is 1.47 bits per heavy atom. The summed E-state index contributed by atoms with van der Waals surface area (Å²) in [5, 5.41) is 16.2. The second kappa shape index (κ2) is 6.79. The lowest BCUT2D eigenvalue weighted by Crippen LogP contribution is -2.49. The van der Waals surface area contributed by atoms with Crippen LogP contribution in [-0.4, -0.2) is 18.6 Å². The summed E-state index contributed by atoms with van der Waals surface area (Å²) >= 11 is 0. The zero-order valence-corrected chi connectivity index (χ0v) is 12.3. The van der Waals surface area contributed by atoms with Crippen molar-refractivity contribution in [2.24, 2.45) is 16.4 Å². The van der Waals surface area contributed by atoms with E-state index in [1.54, 1.807) is 0 Å². The average Bonchev–Trinajstić information content (AvgIpc) is 2.44. The van der Waals surface area contributed by atoms with E-state index in [0.717, 1.165) is 25.7 Å². The molecule has 0 saturated heterocycles. The Labute approximate surface area is 116 Å². The minimum absolute atomic E-state index is 0.368. The highest BCUT2D eigenvalue weighted by molar-refractivity contribution is 5.10. The summed E-state index contributed by atoms with van der Waals surface area (Å²) in [6.07, 6.45) is 5.18. The second-order valence-electron chi connectivity index (χ2n) is 6.19. The molecular weight excluding hydrogens is 238 g/mol. The van der Waals surface area contributed by atoms with Gasteiger partial charge in [0.25, 0.3) is 0 Å². The smallest absolute Gasteiger partial charge is 0.106 e. The molecule has 0 radical (unpaired) electrons. The number of nitrogens with one attached hydrogen (secondary N) is 1. The van der Waals surface area contributed by atoms with Gasteiger partial charge in [0.15, 0.2) is 0 Å². The van der Waals surface area contributed by atoms with Crippen molar-refractivity contribution < 1.29 is 0 Å². The van der Waals surface area contributed by atoms with Gasteiger partial charge < -0.3 is 0 Å². The molecule has 1 rings (SSSR count). The third-order valence-corrected chi connectivity index (χ3v) is 4.81. The van der Waals surface area contributed by atoms with E-state index in [0.29, 0.717) is 24.4 Å². The number of hydrogen-bond acceptors (Lipinski definition) is 3. The van der Waals surface area contributed by atoms with E-state index in [9.17, 15) is 5.26 Å². The van der Waals surface area contributed by atoms with Gasteiger partial charge in [0.05, 0.1) is 6.07 Å². The van der Waals surface area contributed by atoms with Gasteiger partial charge in [0, 0.05) is 18.0 Å². The molecule has 0 spiro atoms. The lowest BCUT2D eigenvalue weighted by atomic mass is 9.66. The Morgan fingerprint density at radius 3 is 2.58 bits per heavy atom. The zero-order chi connectivity index (χ0) is 14.4. The van der Waals surface area contributed by atoms with Gasteiger partial charge in [-0.15, -0.1) is 0 Å². The molecule has 19 heavy (non-hydrogen) atoms. The molecule has 0 aromatic carbocycles. The van der Waals surface area contributed by atoms with E-state index in [4.69, 9.17) is 5.53 Å². The highest BCUT2D eigenvalue weighted by Crippen LogP contribution is 2.43. The molecule has 0 aromatic rings. The summed E-state index contributed by atoms with van der Waals surface area (Å²) in [5.74, 6) is 0.706. The summed E-state index contributed by atoms with van der Waals surface area (Å²) in [5.41, 5.74) is 8.20. The molecule has 5 nitrogen and oxygen atoms in total. The minimum Gasteiger partial charge on any atom is -0.299 e. The molecule has 5 heteroatoms. The fourth-order valence-corrected chi connectivity index (χ4v) is 2.90. The first-order valence-electron chi connectivity index (χ1n) is 7.17. The molecule has 0 aliphatic heterocycles. The maximum atomic E-state index is 9.43. The number of rotatable bonds is 6. The number of nitrogens with zero attached hydrogens (tertiary/aromatic N) is 4. The van der Waals surface area contributed by atoms with Gasteiger partial charge in [0.2, 0.25) is 0 Å². The van der Waals surface area contributed by atoms with E-state index >= 15 is 0 Å². The Kier molecular flexibility index (Phi) is 5.65. The van der Waals surface area contributed by atoms with Crippen LogP contribution in [-0.2, 0) is 0 Å². The SMILES string of the molecule is CCC(C)(C)C1CCC(C#N)(NCCN=[N+]=[N-])CC1. The fourth-order valence-electron chi connectivity index (χ4n) is 2.90. The van der Waals surface area contributed by atoms with Crippen molar-refractivity contribution in [3.8, 4) is 6.07 Å². The molecule has 1 N–H and O–H groups in total. The fraction of sp³-hybridized carbons (Fsp3) is 0.929.